The van der Waals surface area contributed by atoms with E-state index < -0.39 is 9.84 Å². The molecule has 0 aliphatic heterocycles. The lowest BCUT2D eigenvalue weighted by Crippen LogP contribution is -2.13. The summed E-state index contributed by atoms with van der Waals surface area (Å²) >= 11 is 0. The van der Waals surface area contributed by atoms with Crippen LogP contribution in [0, 0.1) is 0 Å². The van der Waals surface area contributed by atoms with Gasteiger partial charge in [-0.15, -0.1) is 0 Å². The van der Waals surface area contributed by atoms with Crippen molar-refractivity contribution in [1.29, 1.82) is 0 Å². The van der Waals surface area contributed by atoms with E-state index in [1.165, 1.54) is 6.26 Å². The minimum absolute atomic E-state index is 0.0878. The molecular weight excluding hydrogens is 248 g/mol. The first-order valence-electron chi connectivity index (χ1n) is 5.65. The molecule has 0 amide bonds. The van der Waals surface area contributed by atoms with Crippen LogP contribution in [0.4, 0.5) is 0 Å². The van der Waals surface area contributed by atoms with E-state index in [0.29, 0.717) is 11.4 Å². The van der Waals surface area contributed by atoms with Crippen molar-refractivity contribution in [1.82, 2.24) is 4.98 Å². The van der Waals surface area contributed by atoms with Crippen LogP contribution >= 0.6 is 0 Å². The first kappa shape index (κ1) is 12.9. The Labute approximate surface area is 107 Å². The van der Waals surface area contributed by atoms with Gasteiger partial charge in [0, 0.05) is 31.1 Å². The van der Waals surface area contributed by atoms with Crippen molar-refractivity contribution >= 4 is 9.84 Å². The normalized spacial score (nSPS) is 13.4. The number of hydrogen-bond donors (Lipinski definition) is 2. The number of nitrogens with one attached hydrogen (secondary N) is 1. The van der Waals surface area contributed by atoms with Gasteiger partial charge in [-0.1, -0.05) is 12.1 Å². The minimum Gasteiger partial charge on any atom is -0.367 e. The topological polar surface area (TPSA) is 75.9 Å². The van der Waals surface area contributed by atoms with E-state index in [9.17, 15) is 8.42 Å². The van der Waals surface area contributed by atoms with Crippen LogP contribution < -0.4 is 5.73 Å². The Kier molecular flexibility index (Phi) is 3.54. The van der Waals surface area contributed by atoms with Crippen molar-refractivity contribution in [3.8, 4) is 0 Å². The summed E-state index contributed by atoms with van der Waals surface area (Å²) < 4.78 is 22.8. The molecule has 3 N–H and O–H groups in total. The Morgan fingerprint density at radius 1 is 1.17 bits per heavy atom. The maximum absolute atomic E-state index is 11.4. The van der Waals surface area contributed by atoms with Crippen molar-refractivity contribution < 1.29 is 8.42 Å². The van der Waals surface area contributed by atoms with Crippen LogP contribution in [0.1, 0.15) is 17.0 Å². The second-order valence-corrected chi connectivity index (χ2v) is 6.29. The minimum atomic E-state index is -3.14. The molecule has 1 aromatic heterocycles. The predicted octanol–water partition coefficient (Wildman–Crippen LogP) is 1.51. The molecule has 1 atom stereocenters. The van der Waals surface area contributed by atoms with E-state index in [-0.39, 0.29) is 5.92 Å². The van der Waals surface area contributed by atoms with Gasteiger partial charge >= 0.3 is 0 Å². The SMILES string of the molecule is CS(=O)(=O)c1ccc(C(CN)c2cc[nH]c2)cc1. The molecule has 0 fully saturated rings. The lowest BCUT2D eigenvalue weighted by Gasteiger charge is -2.14. The number of nitrogens with two attached hydrogens (primary N) is 1. The van der Waals surface area contributed by atoms with Gasteiger partial charge in [0.25, 0.3) is 0 Å². The number of aromatic nitrogens is 1. The molecule has 0 spiro atoms. The van der Waals surface area contributed by atoms with Crippen molar-refractivity contribution in [2.24, 2.45) is 5.73 Å². The fraction of sp³-hybridized carbons (Fsp3) is 0.231. The number of hydrogen-bond acceptors (Lipinski definition) is 3. The number of rotatable bonds is 4. The van der Waals surface area contributed by atoms with Crippen LogP contribution in [-0.2, 0) is 9.84 Å². The summed E-state index contributed by atoms with van der Waals surface area (Å²) in [7, 11) is -3.14. The molecule has 5 heteroatoms. The highest BCUT2D eigenvalue weighted by Gasteiger charge is 2.14. The summed E-state index contributed by atoms with van der Waals surface area (Å²) in [6.07, 6.45) is 4.96. The number of H-pyrrole nitrogens is 1. The smallest absolute Gasteiger partial charge is 0.175 e. The highest BCUT2D eigenvalue weighted by Crippen LogP contribution is 2.24. The van der Waals surface area contributed by atoms with Gasteiger partial charge in [-0.3, -0.25) is 0 Å². The molecule has 2 aromatic rings. The highest BCUT2D eigenvalue weighted by atomic mass is 32.2. The second-order valence-electron chi connectivity index (χ2n) is 4.27. The van der Waals surface area contributed by atoms with Gasteiger partial charge in [-0.25, -0.2) is 8.42 Å². The van der Waals surface area contributed by atoms with E-state index in [0.717, 1.165) is 11.1 Å². The molecule has 0 saturated carbocycles. The quantitative estimate of drug-likeness (QED) is 0.878. The van der Waals surface area contributed by atoms with Crippen molar-refractivity contribution in [3.05, 3.63) is 53.9 Å². The molecule has 2 rings (SSSR count). The Hall–Kier alpha value is -1.59. The monoisotopic (exact) mass is 264 g/mol. The van der Waals surface area contributed by atoms with Crippen LogP contribution in [-0.4, -0.2) is 26.2 Å². The molecule has 0 radical (unpaired) electrons. The van der Waals surface area contributed by atoms with Crippen LogP contribution in [0.3, 0.4) is 0 Å². The summed E-state index contributed by atoms with van der Waals surface area (Å²) in [6, 6.07) is 8.86. The third kappa shape index (κ3) is 2.63. The van der Waals surface area contributed by atoms with Crippen molar-refractivity contribution in [2.75, 3.05) is 12.8 Å². The molecular formula is C13H16N2O2S. The van der Waals surface area contributed by atoms with Crippen LogP contribution in [0.2, 0.25) is 0 Å². The van der Waals surface area contributed by atoms with Gasteiger partial charge in [-0.05, 0) is 29.3 Å². The van der Waals surface area contributed by atoms with Crippen LogP contribution in [0.25, 0.3) is 0 Å². The summed E-state index contributed by atoms with van der Waals surface area (Å²) in [5, 5.41) is 0. The van der Waals surface area contributed by atoms with Gasteiger partial charge in [0.05, 0.1) is 4.90 Å². The first-order chi connectivity index (χ1) is 8.52. The Balaban J connectivity index is 2.34. The third-order valence-corrected chi connectivity index (χ3v) is 4.10. The Bertz CT molecular complexity index is 601. The molecule has 0 aliphatic carbocycles. The maximum Gasteiger partial charge on any atom is 0.175 e. The summed E-state index contributed by atoms with van der Waals surface area (Å²) in [6.45, 7) is 0.482. The molecule has 1 unspecified atom stereocenters. The summed E-state index contributed by atoms with van der Waals surface area (Å²) in [4.78, 5) is 3.33. The van der Waals surface area contributed by atoms with E-state index in [4.69, 9.17) is 5.73 Å². The van der Waals surface area contributed by atoms with E-state index >= 15 is 0 Å². The first-order valence-corrected chi connectivity index (χ1v) is 7.54. The third-order valence-electron chi connectivity index (χ3n) is 2.97. The number of aromatic amines is 1. The fourth-order valence-electron chi connectivity index (χ4n) is 1.97. The van der Waals surface area contributed by atoms with Gasteiger partial charge in [0.15, 0.2) is 9.84 Å². The Morgan fingerprint density at radius 2 is 1.83 bits per heavy atom. The molecule has 96 valence electrons. The zero-order valence-corrected chi connectivity index (χ0v) is 10.9. The lowest BCUT2D eigenvalue weighted by molar-refractivity contribution is 0.602. The largest absolute Gasteiger partial charge is 0.367 e. The molecule has 0 saturated heterocycles. The average Bonchev–Trinajstić information content (AvgIpc) is 2.83. The lowest BCUT2D eigenvalue weighted by atomic mass is 9.93. The molecule has 4 nitrogen and oxygen atoms in total. The maximum atomic E-state index is 11.4. The van der Waals surface area contributed by atoms with Crippen LogP contribution in [0.5, 0.6) is 0 Å². The van der Waals surface area contributed by atoms with Crippen molar-refractivity contribution in [3.63, 3.8) is 0 Å². The van der Waals surface area contributed by atoms with Gasteiger partial charge < -0.3 is 10.7 Å². The zero-order chi connectivity index (χ0) is 13.2. The molecule has 18 heavy (non-hydrogen) atoms. The van der Waals surface area contributed by atoms with E-state index in [1.54, 1.807) is 12.1 Å². The number of sulfone groups is 1. The molecule has 0 aliphatic rings. The molecule has 1 heterocycles. The van der Waals surface area contributed by atoms with Crippen LogP contribution in [0.15, 0.2) is 47.6 Å². The molecule has 0 bridgehead atoms. The predicted molar refractivity (Wildman–Crippen MR) is 71.2 cm³/mol. The highest BCUT2D eigenvalue weighted by molar-refractivity contribution is 7.90. The van der Waals surface area contributed by atoms with Crippen molar-refractivity contribution in [2.45, 2.75) is 10.8 Å². The van der Waals surface area contributed by atoms with E-state index in [1.807, 2.05) is 30.6 Å². The van der Waals surface area contributed by atoms with E-state index in [2.05, 4.69) is 4.98 Å². The van der Waals surface area contributed by atoms with Gasteiger partial charge in [-0.2, -0.15) is 0 Å². The van der Waals surface area contributed by atoms with Gasteiger partial charge in [0.1, 0.15) is 0 Å². The standard InChI is InChI=1S/C13H16N2O2S/c1-18(16,17)12-4-2-10(3-5-12)13(8-14)11-6-7-15-9-11/h2-7,9,13,15H,8,14H2,1H3. The average molecular weight is 264 g/mol. The fourth-order valence-corrected chi connectivity index (χ4v) is 2.60. The second kappa shape index (κ2) is 4.96. The Morgan fingerprint density at radius 3 is 2.28 bits per heavy atom. The summed E-state index contributed by atoms with van der Waals surface area (Å²) in [5.41, 5.74) is 7.91. The zero-order valence-electron chi connectivity index (χ0n) is 10.1. The summed E-state index contributed by atoms with van der Waals surface area (Å²) in [5.74, 6) is 0.0878. The molecule has 1 aromatic carbocycles. The number of benzene rings is 1. The van der Waals surface area contributed by atoms with Gasteiger partial charge in [0.2, 0.25) is 0 Å².